The lowest BCUT2D eigenvalue weighted by Crippen LogP contribution is -2.69. The first-order valence-corrected chi connectivity index (χ1v) is 12.0. The first-order chi connectivity index (χ1) is 16.1. The molecule has 3 aliphatic heterocycles. The summed E-state index contributed by atoms with van der Waals surface area (Å²) in [4.78, 5) is 37.0. The van der Waals surface area contributed by atoms with E-state index in [1.54, 1.807) is 0 Å². The van der Waals surface area contributed by atoms with Gasteiger partial charge in [-0.3, -0.25) is 14.5 Å². The van der Waals surface area contributed by atoms with Gasteiger partial charge in [0.15, 0.2) is 5.54 Å². The Morgan fingerprint density at radius 2 is 1.70 bits per heavy atom. The molecule has 2 amide bonds. The molecule has 0 saturated carbocycles. The van der Waals surface area contributed by atoms with E-state index >= 15 is 0 Å². The zero-order valence-corrected chi connectivity index (χ0v) is 19.1. The maximum Gasteiger partial charge on any atom is 0.255 e. The van der Waals surface area contributed by atoms with Gasteiger partial charge in [-0.2, -0.15) is 0 Å². The van der Waals surface area contributed by atoms with E-state index < -0.39 is 5.54 Å². The lowest BCUT2D eigenvalue weighted by Gasteiger charge is -2.52. The van der Waals surface area contributed by atoms with Crippen molar-refractivity contribution in [3.63, 3.8) is 0 Å². The summed E-state index contributed by atoms with van der Waals surface area (Å²) in [6.45, 7) is 5.56. The van der Waals surface area contributed by atoms with Gasteiger partial charge in [0.2, 0.25) is 5.91 Å². The second kappa shape index (κ2) is 7.73. The summed E-state index contributed by atoms with van der Waals surface area (Å²) >= 11 is 0. The standard InChI is InChI=1S/C27H30N4O2/c1-27-25-22(21-9-5-6-10-23(21)28-25)13-16-31(27)24(32)18-30(26(27)33)20-11-14-29(15-12-20)17-19-7-3-2-4-8-19/h2-10,20,28H,11-18H2,1H3/t27-/m0/s1. The van der Waals surface area contributed by atoms with Crippen molar-refractivity contribution >= 4 is 22.7 Å². The number of piperidine rings is 1. The summed E-state index contributed by atoms with van der Waals surface area (Å²) in [5, 5.41) is 1.17. The monoisotopic (exact) mass is 442 g/mol. The van der Waals surface area contributed by atoms with Gasteiger partial charge in [0.1, 0.15) is 6.54 Å². The van der Waals surface area contributed by atoms with E-state index in [4.69, 9.17) is 0 Å². The highest BCUT2D eigenvalue weighted by atomic mass is 16.2. The second-order valence-corrected chi connectivity index (χ2v) is 9.82. The zero-order chi connectivity index (χ0) is 22.6. The van der Waals surface area contributed by atoms with E-state index in [-0.39, 0.29) is 24.4 Å². The molecule has 170 valence electrons. The molecular weight excluding hydrogens is 412 g/mol. The van der Waals surface area contributed by atoms with Gasteiger partial charge >= 0.3 is 0 Å². The number of benzene rings is 2. The molecule has 6 nitrogen and oxygen atoms in total. The van der Waals surface area contributed by atoms with Gasteiger partial charge in [0, 0.05) is 43.1 Å². The quantitative estimate of drug-likeness (QED) is 0.677. The molecule has 3 aromatic rings. The van der Waals surface area contributed by atoms with Crippen molar-refractivity contribution in [3.05, 3.63) is 71.4 Å². The van der Waals surface area contributed by atoms with E-state index in [1.807, 2.05) is 34.9 Å². The minimum atomic E-state index is -0.955. The topological polar surface area (TPSA) is 59.7 Å². The van der Waals surface area contributed by atoms with Crippen LogP contribution in [0.2, 0.25) is 0 Å². The van der Waals surface area contributed by atoms with Crippen LogP contribution in [0, 0.1) is 0 Å². The van der Waals surface area contributed by atoms with Gasteiger partial charge in [-0.05, 0) is 43.4 Å². The first kappa shape index (κ1) is 20.5. The normalized spacial score (nSPS) is 24.3. The average molecular weight is 443 g/mol. The lowest BCUT2D eigenvalue weighted by molar-refractivity contribution is -0.169. The molecule has 1 aromatic heterocycles. The van der Waals surface area contributed by atoms with Crippen molar-refractivity contribution in [1.82, 2.24) is 19.7 Å². The predicted octanol–water partition coefficient (Wildman–Crippen LogP) is 3.27. The fourth-order valence-corrected chi connectivity index (χ4v) is 6.16. The van der Waals surface area contributed by atoms with Crippen LogP contribution in [0.15, 0.2) is 54.6 Å². The van der Waals surface area contributed by atoms with Crippen LogP contribution in [0.1, 0.15) is 36.6 Å². The van der Waals surface area contributed by atoms with Crippen molar-refractivity contribution in [2.24, 2.45) is 0 Å². The number of hydrogen-bond donors (Lipinski definition) is 1. The van der Waals surface area contributed by atoms with Crippen LogP contribution >= 0.6 is 0 Å². The van der Waals surface area contributed by atoms with Gasteiger partial charge in [0.05, 0.1) is 5.69 Å². The van der Waals surface area contributed by atoms with Crippen LogP contribution in [-0.2, 0) is 28.1 Å². The Hall–Kier alpha value is -3.12. The summed E-state index contributed by atoms with van der Waals surface area (Å²) < 4.78 is 0. The molecule has 2 fully saturated rings. The Morgan fingerprint density at radius 3 is 2.48 bits per heavy atom. The number of hydrogen-bond acceptors (Lipinski definition) is 3. The Balaban J connectivity index is 1.25. The number of aromatic nitrogens is 1. The molecule has 6 heteroatoms. The number of para-hydroxylation sites is 1. The van der Waals surface area contributed by atoms with Gasteiger partial charge < -0.3 is 14.8 Å². The average Bonchev–Trinajstić information content (AvgIpc) is 3.23. The highest BCUT2D eigenvalue weighted by molar-refractivity contribution is 6.00. The number of piperazine rings is 1. The fourth-order valence-electron chi connectivity index (χ4n) is 6.16. The minimum Gasteiger partial charge on any atom is -0.356 e. The van der Waals surface area contributed by atoms with Crippen LogP contribution in [0.5, 0.6) is 0 Å². The third-order valence-corrected chi connectivity index (χ3v) is 7.96. The Bertz CT molecular complexity index is 1210. The van der Waals surface area contributed by atoms with Gasteiger partial charge in [-0.15, -0.1) is 0 Å². The number of carbonyl (C=O) groups is 2. The van der Waals surface area contributed by atoms with Gasteiger partial charge in [-0.25, -0.2) is 0 Å². The third kappa shape index (κ3) is 3.19. The molecule has 33 heavy (non-hydrogen) atoms. The molecule has 0 unspecified atom stereocenters. The molecular formula is C27H30N4O2. The number of fused-ring (bicyclic) bond motifs is 5. The van der Waals surface area contributed by atoms with Crippen molar-refractivity contribution < 1.29 is 9.59 Å². The summed E-state index contributed by atoms with van der Waals surface area (Å²) in [5.41, 5.74) is 3.49. The SMILES string of the molecule is C[C@]12C(=O)N(C3CCN(Cc4ccccc4)CC3)CC(=O)N1CCc1c2[nH]c2ccccc12. The van der Waals surface area contributed by atoms with Crippen LogP contribution in [0.25, 0.3) is 10.9 Å². The molecule has 6 rings (SSSR count). The molecule has 0 bridgehead atoms. The van der Waals surface area contributed by atoms with Crippen LogP contribution < -0.4 is 0 Å². The van der Waals surface area contributed by atoms with Crippen molar-refractivity contribution in [2.75, 3.05) is 26.2 Å². The highest BCUT2D eigenvalue weighted by Gasteiger charge is 2.55. The molecule has 0 aliphatic carbocycles. The maximum absolute atomic E-state index is 14.0. The third-order valence-electron chi connectivity index (χ3n) is 7.96. The van der Waals surface area contributed by atoms with E-state index in [0.717, 1.165) is 50.1 Å². The first-order valence-electron chi connectivity index (χ1n) is 12.0. The molecule has 0 radical (unpaired) electrons. The smallest absolute Gasteiger partial charge is 0.255 e. The molecule has 1 atom stereocenters. The number of nitrogens with zero attached hydrogens (tertiary/aromatic N) is 3. The largest absolute Gasteiger partial charge is 0.356 e. The van der Waals surface area contributed by atoms with Gasteiger partial charge in [-0.1, -0.05) is 48.5 Å². The number of amides is 2. The molecule has 3 aliphatic rings. The van der Waals surface area contributed by atoms with Crippen molar-refractivity contribution in [3.8, 4) is 0 Å². The second-order valence-electron chi connectivity index (χ2n) is 9.82. The maximum atomic E-state index is 14.0. The molecule has 2 saturated heterocycles. The summed E-state index contributed by atoms with van der Waals surface area (Å²) in [7, 11) is 0. The van der Waals surface area contributed by atoms with Gasteiger partial charge in [0.25, 0.3) is 5.91 Å². The highest BCUT2D eigenvalue weighted by Crippen LogP contribution is 2.42. The van der Waals surface area contributed by atoms with Crippen molar-refractivity contribution in [2.45, 2.75) is 44.3 Å². The number of rotatable bonds is 3. The molecule has 2 aromatic carbocycles. The van der Waals surface area contributed by atoms with Crippen LogP contribution in [-0.4, -0.2) is 63.7 Å². The summed E-state index contributed by atoms with van der Waals surface area (Å²) in [6, 6.07) is 18.8. The number of likely N-dealkylation sites (tertiary alicyclic amines) is 1. The zero-order valence-electron chi connectivity index (χ0n) is 19.1. The van der Waals surface area contributed by atoms with Crippen molar-refractivity contribution in [1.29, 1.82) is 0 Å². The number of nitrogens with one attached hydrogen (secondary N) is 1. The van der Waals surface area contributed by atoms with E-state index in [1.165, 1.54) is 16.5 Å². The fraction of sp³-hybridized carbons (Fsp3) is 0.407. The number of carbonyl (C=O) groups excluding carboxylic acids is 2. The Labute approximate surface area is 194 Å². The molecule has 1 N–H and O–H groups in total. The number of aromatic amines is 1. The number of H-pyrrole nitrogens is 1. The summed E-state index contributed by atoms with van der Waals surface area (Å²) in [5.74, 6) is 0.129. The summed E-state index contributed by atoms with van der Waals surface area (Å²) in [6.07, 6.45) is 2.59. The molecule has 0 spiro atoms. The Morgan fingerprint density at radius 1 is 0.970 bits per heavy atom. The van der Waals surface area contributed by atoms with E-state index in [0.29, 0.717) is 6.54 Å². The van der Waals surface area contributed by atoms with Crippen LogP contribution in [0.3, 0.4) is 0 Å². The predicted molar refractivity (Wildman–Crippen MR) is 128 cm³/mol. The van der Waals surface area contributed by atoms with E-state index in [9.17, 15) is 9.59 Å². The molecule has 4 heterocycles. The Kier molecular flexibility index (Phi) is 4.80. The van der Waals surface area contributed by atoms with Crippen LogP contribution in [0.4, 0.5) is 0 Å². The lowest BCUT2D eigenvalue weighted by atomic mass is 9.82. The van der Waals surface area contributed by atoms with E-state index in [2.05, 4.69) is 46.3 Å². The minimum absolute atomic E-state index is 0.0631.